The van der Waals surface area contributed by atoms with Gasteiger partial charge in [0.1, 0.15) is 12.1 Å². The van der Waals surface area contributed by atoms with Crippen molar-refractivity contribution in [2.24, 2.45) is 0 Å². The van der Waals surface area contributed by atoms with Crippen LogP contribution in [0.5, 0.6) is 5.88 Å². The maximum absolute atomic E-state index is 5.23. The summed E-state index contributed by atoms with van der Waals surface area (Å²) in [4.78, 5) is 7.99. The molecule has 0 saturated heterocycles. The van der Waals surface area contributed by atoms with Crippen molar-refractivity contribution in [2.75, 3.05) is 32.2 Å². The highest BCUT2D eigenvalue weighted by Gasteiger charge is 1.97. The third-order valence-electron chi connectivity index (χ3n) is 1.55. The van der Waals surface area contributed by atoms with Gasteiger partial charge in [-0.05, 0) is 6.92 Å². The molecule has 0 aliphatic rings. The Morgan fingerprint density at radius 3 is 3.00 bits per heavy atom. The number of nitrogens with zero attached hydrogens (tertiary/aromatic N) is 2. The largest absolute Gasteiger partial charge is 0.478 e. The zero-order chi connectivity index (χ0) is 10.2. The minimum Gasteiger partial charge on any atom is -0.478 e. The Labute approximate surface area is 83.5 Å². The number of aromatic nitrogens is 2. The molecule has 0 radical (unpaired) electrons. The standard InChI is InChI=1S/C9H15N3O2/c1-3-14-9-6-8(11-7-12-9)10-4-5-13-2/h6-7H,3-5H2,1-2H3,(H,10,11,12). The minimum absolute atomic E-state index is 0.586. The van der Waals surface area contributed by atoms with Crippen LogP contribution >= 0.6 is 0 Å². The van der Waals surface area contributed by atoms with Gasteiger partial charge in [-0.15, -0.1) is 0 Å². The van der Waals surface area contributed by atoms with E-state index in [9.17, 15) is 0 Å². The fourth-order valence-corrected chi connectivity index (χ4v) is 0.944. The van der Waals surface area contributed by atoms with Gasteiger partial charge in [0.25, 0.3) is 0 Å². The van der Waals surface area contributed by atoms with Crippen LogP contribution in [-0.4, -0.2) is 36.8 Å². The third-order valence-corrected chi connectivity index (χ3v) is 1.55. The molecule has 0 aliphatic heterocycles. The van der Waals surface area contributed by atoms with Gasteiger partial charge in [-0.2, -0.15) is 0 Å². The Kier molecular flexibility index (Phi) is 4.71. The number of anilines is 1. The van der Waals surface area contributed by atoms with Gasteiger partial charge in [-0.3, -0.25) is 0 Å². The van der Waals surface area contributed by atoms with E-state index in [2.05, 4.69) is 15.3 Å². The molecule has 1 heterocycles. The zero-order valence-corrected chi connectivity index (χ0v) is 8.49. The van der Waals surface area contributed by atoms with Crippen LogP contribution in [0.4, 0.5) is 5.82 Å². The van der Waals surface area contributed by atoms with Gasteiger partial charge in [-0.25, -0.2) is 9.97 Å². The first kappa shape index (κ1) is 10.7. The number of ether oxygens (including phenoxy) is 2. The number of methoxy groups -OCH3 is 1. The second kappa shape index (κ2) is 6.15. The molecule has 0 aliphatic carbocycles. The molecule has 0 fully saturated rings. The van der Waals surface area contributed by atoms with Gasteiger partial charge < -0.3 is 14.8 Å². The van der Waals surface area contributed by atoms with Crippen LogP contribution in [0.1, 0.15) is 6.92 Å². The Hall–Kier alpha value is -1.36. The molecule has 5 nitrogen and oxygen atoms in total. The van der Waals surface area contributed by atoms with Crippen LogP contribution in [0.15, 0.2) is 12.4 Å². The van der Waals surface area contributed by atoms with Gasteiger partial charge in [0.15, 0.2) is 0 Å². The molecular formula is C9H15N3O2. The fraction of sp³-hybridized carbons (Fsp3) is 0.556. The van der Waals surface area contributed by atoms with Crippen molar-refractivity contribution in [3.63, 3.8) is 0 Å². The molecule has 14 heavy (non-hydrogen) atoms. The first-order chi connectivity index (χ1) is 6.86. The molecule has 0 unspecified atom stereocenters. The summed E-state index contributed by atoms with van der Waals surface area (Å²) in [6, 6.07) is 1.76. The summed E-state index contributed by atoms with van der Waals surface area (Å²) < 4.78 is 10.1. The SMILES string of the molecule is CCOc1cc(NCCOC)ncn1. The monoisotopic (exact) mass is 197 g/mol. The maximum Gasteiger partial charge on any atom is 0.218 e. The molecule has 1 aromatic heterocycles. The van der Waals surface area contributed by atoms with Crippen molar-refractivity contribution >= 4 is 5.82 Å². The lowest BCUT2D eigenvalue weighted by molar-refractivity contribution is 0.210. The second-order valence-electron chi connectivity index (χ2n) is 2.59. The Bertz CT molecular complexity index is 268. The smallest absolute Gasteiger partial charge is 0.218 e. The fourth-order valence-electron chi connectivity index (χ4n) is 0.944. The van der Waals surface area contributed by atoms with E-state index < -0.39 is 0 Å². The van der Waals surface area contributed by atoms with Crippen LogP contribution in [0.3, 0.4) is 0 Å². The molecule has 1 N–H and O–H groups in total. The van der Waals surface area contributed by atoms with Crippen LogP contribution in [0.2, 0.25) is 0 Å². The van der Waals surface area contributed by atoms with Crippen LogP contribution in [-0.2, 0) is 4.74 Å². The Morgan fingerprint density at radius 1 is 1.43 bits per heavy atom. The molecular weight excluding hydrogens is 182 g/mol. The normalized spacial score (nSPS) is 9.86. The summed E-state index contributed by atoms with van der Waals surface area (Å²) in [5.74, 6) is 1.34. The van der Waals surface area contributed by atoms with E-state index in [0.717, 1.165) is 12.4 Å². The van der Waals surface area contributed by atoms with Crippen molar-refractivity contribution in [3.8, 4) is 5.88 Å². The van der Waals surface area contributed by atoms with E-state index in [0.29, 0.717) is 19.1 Å². The number of hydrogen-bond donors (Lipinski definition) is 1. The third kappa shape index (κ3) is 3.57. The lowest BCUT2D eigenvalue weighted by Crippen LogP contribution is -2.09. The van der Waals surface area contributed by atoms with Crippen LogP contribution in [0, 0.1) is 0 Å². The molecule has 0 saturated carbocycles. The predicted octanol–water partition coefficient (Wildman–Crippen LogP) is 0.934. The van der Waals surface area contributed by atoms with E-state index in [1.54, 1.807) is 13.2 Å². The number of hydrogen-bond acceptors (Lipinski definition) is 5. The Morgan fingerprint density at radius 2 is 2.29 bits per heavy atom. The summed E-state index contributed by atoms with van der Waals surface area (Å²) in [5, 5.41) is 3.09. The minimum atomic E-state index is 0.586. The summed E-state index contributed by atoms with van der Waals surface area (Å²) in [6.07, 6.45) is 1.47. The van der Waals surface area contributed by atoms with Crippen molar-refractivity contribution in [3.05, 3.63) is 12.4 Å². The molecule has 78 valence electrons. The molecule has 0 bridgehead atoms. The summed E-state index contributed by atoms with van der Waals surface area (Å²) in [5.41, 5.74) is 0. The lowest BCUT2D eigenvalue weighted by atomic mass is 10.5. The highest BCUT2D eigenvalue weighted by molar-refractivity contribution is 5.36. The van der Waals surface area contributed by atoms with Crippen molar-refractivity contribution in [2.45, 2.75) is 6.92 Å². The molecule has 5 heteroatoms. The summed E-state index contributed by atoms with van der Waals surface area (Å²) in [6.45, 7) is 3.89. The highest BCUT2D eigenvalue weighted by Crippen LogP contribution is 2.09. The van der Waals surface area contributed by atoms with Crippen molar-refractivity contribution < 1.29 is 9.47 Å². The molecule has 1 rings (SSSR count). The van der Waals surface area contributed by atoms with E-state index in [4.69, 9.17) is 9.47 Å². The zero-order valence-electron chi connectivity index (χ0n) is 8.49. The lowest BCUT2D eigenvalue weighted by Gasteiger charge is -2.06. The molecule has 0 amide bonds. The van der Waals surface area contributed by atoms with Gasteiger partial charge in [-0.1, -0.05) is 0 Å². The average Bonchev–Trinajstić information content (AvgIpc) is 2.19. The van der Waals surface area contributed by atoms with E-state index in [-0.39, 0.29) is 0 Å². The second-order valence-corrected chi connectivity index (χ2v) is 2.59. The van der Waals surface area contributed by atoms with Crippen LogP contribution in [0.25, 0.3) is 0 Å². The predicted molar refractivity (Wildman–Crippen MR) is 53.6 cm³/mol. The molecule has 0 atom stereocenters. The summed E-state index contributed by atoms with van der Waals surface area (Å²) in [7, 11) is 1.66. The van der Waals surface area contributed by atoms with E-state index in [1.807, 2.05) is 6.92 Å². The quantitative estimate of drug-likeness (QED) is 0.688. The van der Waals surface area contributed by atoms with Gasteiger partial charge in [0, 0.05) is 19.7 Å². The first-order valence-corrected chi connectivity index (χ1v) is 4.54. The van der Waals surface area contributed by atoms with E-state index in [1.165, 1.54) is 6.33 Å². The molecule has 1 aromatic rings. The van der Waals surface area contributed by atoms with E-state index >= 15 is 0 Å². The average molecular weight is 197 g/mol. The van der Waals surface area contributed by atoms with Gasteiger partial charge in [0.05, 0.1) is 13.2 Å². The van der Waals surface area contributed by atoms with Crippen molar-refractivity contribution in [1.29, 1.82) is 0 Å². The first-order valence-electron chi connectivity index (χ1n) is 4.54. The highest BCUT2D eigenvalue weighted by atomic mass is 16.5. The topological polar surface area (TPSA) is 56.3 Å². The maximum atomic E-state index is 5.23. The summed E-state index contributed by atoms with van der Waals surface area (Å²) >= 11 is 0. The van der Waals surface area contributed by atoms with Crippen LogP contribution < -0.4 is 10.1 Å². The molecule has 0 spiro atoms. The van der Waals surface area contributed by atoms with Crippen molar-refractivity contribution in [1.82, 2.24) is 9.97 Å². The van der Waals surface area contributed by atoms with Gasteiger partial charge in [0.2, 0.25) is 5.88 Å². The number of rotatable bonds is 6. The van der Waals surface area contributed by atoms with Gasteiger partial charge >= 0.3 is 0 Å². The Balaban J connectivity index is 2.46. The molecule has 0 aromatic carbocycles. The number of nitrogens with one attached hydrogen (secondary N) is 1.